The molecule has 21 heavy (non-hydrogen) atoms. The molecule has 0 amide bonds. The number of nitriles is 1. The third kappa shape index (κ3) is 3.32. The van der Waals surface area contributed by atoms with Crippen molar-refractivity contribution >= 4 is 16.7 Å². The van der Waals surface area contributed by atoms with Crippen molar-refractivity contribution in [2.75, 3.05) is 25.0 Å². The average Bonchev–Trinajstić information content (AvgIpc) is 2.55. The maximum absolute atomic E-state index is 9.28. The molecule has 1 unspecified atom stereocenters. The fourth-order valence-corrected chi connectivity index (χ4v) is 2.93. The number of pyridine rings is 1. The normalized spacial score (nSPS) is 18.3. The number of nitrogens with one attached hydrogen (secondary N) is 2. The summed E-state index contributed by atoms with van der Waals surface area (Å²) in [6.45, 7) is 3.18. The largest absolute Gasteiger partial charge is 0.370 e. The van der Waals surface area contributed by atoms with E-state index in [9.17, 15) is 5.26 Å². The zero-order valence-corrected chi connectivity index (χ0v) is 12.1. The van der Waals surface area contributed by atoms with Gasteiger partial charge in [-0.05, 0) is 50.4 Å². The Balaban J connectivity index is 1.68. The van der Waals surface area contributed by atoms with Gasteiger partial charge in [0.15, 0.2) is 0 Å². The lowest BCUT2D eigenvalue weighted by atomic mass is 9.96. The molecule has 1 aliphatic heterocycles. The third-order valence-corrected chi connectivity index (χ3v) is 4.09. The minimum Gasteiger partial charge on any atom is -0.370 e. The molecule has 2 heterocycles. The van der Waals surface area contributed by atoms with Crippen molar-refractivity contribution in [1.29, 1.82) is 5.26 Å². The quantitative estimate of drug-likeness (QED) is 0.904. The lowest BCUT2D eigenvalue weighted by molar-refractivity contribution is 0.364. The van der Waals surface area contributed by atoms with Gasteiger partial charge in [0.1, 0.15) is 5.82 Å². The van der Waals surface area contributed by atoms with Crippen LogP contribution in [0.5, 0.6) is 0 Å². The summed E-state index contributed by atoms with van der Waals surface area (Å²) >= 11 is 0. The van der Waals surface area contributed by atoms with Gasteiger partial charge in [-0.2, -0.15) is 5.26 Å². The minimum atomic E-state index is 0.683. The molecular formula is C17H20N4. The van der Waals surface area contributed by atoms with Gasteiger partial charge in [-0.25, -0.2) is 4.98 Å². The highest BCUT2D eigenvalue weighted by Gasteiger charge is 2.12. The molecule has 1 aromatic heterocycles. The number of aromatic nitrogens is 1. The molecule has 1 atom stereocenters. The summed E-state index contributed by atoms with van der Waals surface area (Å²) in [4.78, 5) is 4.59. The molecule has 0 spiro atoms. The molecule has 0 bridgehead atoms. The first kappa shape index (κ1) is 13.8. The van der Waals surface area contributed by atoms with Gasteiger partial charge in [0.2, 0.25) is 0 Å². The predicted octanol–water partition coefficient (Wildman–Crippen LogP) is 2.91. The van der Waals surface area contributed by atoms with Crippen LogP contribution in [0.2, 0.25) is 0 Å². The number of piperidine rings is 1. The first-order valence-corrected chi connectivity index (χ1v) is 7.61. The van der Waals surface area contributed by atoms with Crippen LogP contribution in [-0.4, -0.2) is 24.6 Å². The topological polar surface area (TPSA) is 60.7 Å². The number of rotatable bonds is 4. The summed E-state index contributed by atoms with van der Waals surface area (Å²) in [6.07, 6.45) is 3.73. The van der Waals surface area contributed by atoms with Gasteiger partial charge in [0.25, 0.3) is 0 Å². The molecule has 1 fully saturated rings. The van der Waals surface area contributed by atoms with E-state index < -0.39 is 0 Å². The van der Waals surface area contributed by atoms with Crippen LogP contribution in [0.4, 0.5) is 5.82 Å². The van der Waals surface area contributed by atoms with Crippen LogP contribution in [0.1, 0.15) is 24.8 Å². The zero-order chi connectivity index (χ0) is 14.5. The number of fused-ring (bicyclic) bond motifs is 1. The van der Waals surface area contributed by atoms with E-state index in [1.54, 1.807) is 0 Å². The van der Waals surface area contributed by atoms with Gasteiger partial charge in [0.05, 0.1) is 17.1 Å². The van der Waals surface area contributed by atoms with E-state index in [4.69, 9.17) is 0 Å². The standard InChI is InChI=1S/C17H20N4/c18-11-14-10-17(21-16-6-2-1-5-15(14)16)20-9-7-13-4-3-8-19-12-13/h1-2,5-6,10,13,19H,3-4,7-9,12H2,(H,20,21). The van der Waals surface area contributed by atoms with Gasteiger partial charge in [-0.15, -0.1) is 0 Å². The number of para-hydroxylation sites is 1. The molecule has 3 rings (SSSR count). The predicted molar refractivity (Wildman–Crippen MR) is 85.2 cm³/mol. The third-order valence-electron chi connectivity index (χ3n) is 4.09. The van der Waals surface area contributed by atoms with Gasteiger partial charge < -0.3 is 10.6 Å². The van der Waals surface area contributed by atoms with Crippen molar-refractivity contribution in [2.45, 2.75) is 19.3 Å². The summed E-state index contributed by atoms with van der Waals surface area (Å²) in [5, 5.41) is 17.0. The molecule has 2 N–H and O–H groups in total. The fraction of sp³-hybridized carbons (Fsp3) is 0.412. The smallest absolute Gasteiger partial charge is 0.127 e. The number of benzene rings is 1. The van der Waals surface area contributed by atoms with E-state index in [1.807, 2.05) is 30.3 Å². The Morgan fingerprint density at radius 2 is 2.29 bits per heavy atom. The Hall–Kier alpha value is -2.12. The molecule has 4 heteroatoms. The second kappa shape index (κ2) is 6.55. The Labute approximate surface area is 125 Å². The Bertz CT molecular complexity index is 653. The van der Waals surface area contributed by atoms with Gasteiger partial charge >= 0.3 is 0 Å². The SMILES string of the molecule is N#Cc1cc(NCCC2CCCNC2)nc2ccccc12. The molecule has 108 valence electrons. The lowest BCUT2D eigenvalue weighted by Gasteiger charge is -2.22. The maximum atomic E-state index is 9.28. The van der Waals surface area contributed by atoms with Crippen LogP contribution in [-0.2, 0) is 0 Å². The summed E-state index contributed by atoms with van der Waals surface area (Å²) in [5.41, 5.74) is 1.56. The van der Waals surface area contributed by atoms with Gasteiger partial charge in [-0.1, -0.05) is 18.2 Å². The van der Waals surface area contributed by atoms with E-state index in [0.29, 0.717) is 5.56 Å². The van der Waals surface area contributed by atoms with Crippen molar-refractivity contribution in [3.05, 3.63) is 35.9 Å². The molecule has 0 aliphatic carbocycles. The molecule has 0 radical (unpaired) electrons. The van der Waals surface area contributed by atoms with Crippen LogP contribution < -0.4 is 10.6 Å². The van der Waals surface area contributed by atoms with Crippen LogP contribution >= 0.6 is 0 Å². The summed E-state index contributed by atoms with van der Waals surface area (Å²) in [6, 6.07) is 11.9. The maximum Gasteiger partial charge on any atom is 0.127 e. The Kier molecular flexibility index (Phi) is 4.32. The van der Waals surface area contributed by atoms with Crippen LogP contribution in [0.25, 0.3) is 10.9 Å². The highest BCUT2D eigenvalue weighted by atomic mass is 15.0. The van der Waals surface area contributed by atoms with E-state index >= 15 is 0 Å². The van der Waals surface area contributed by atoms with Crippen LogP contribution in [0.15, 0.2) is 30.3 Å². The highest BCUT2D eigenvalue weighted by molar-refractivity contribution is 5.86. The molecular weight excluding hydrogens is 260 g/mol. The van der Waals surface area contributed by atoms with E-state index in [2.05, 4.69) is 21.7 Å². The average molecular weight is 280 g/mol. The van der Waals surface area contributed by atoms with E-state index in [0.717, 1.165) is 48.7 Å². The molecule has 1 saturated heterocycles. The highest BCUT2D eigenvalue weighted by Crippen LogP contribution is 2.20. The van der Waals surface area contributed by atoms with Crippen molar-refractivity contribution in [3.8, 4) is 6.07 Å². The lowest BCUT2D eigenvalue weighted by Crippen LogP contribution is -2.30. The number of anilines is 1. The second-order valence-electron chi connectivity index (χ2n) is 5.61. The monoisotopic (exact) mass is 280 g/mol. The summed E-state index contributed by atoms with van der Waals surface area (Å²) < 4.78 is 0. The summed E-state index contributed by atoms with van der Waals surface area (Å²) in [7, 11) is 0. The Morgan fingerprint density at radius 1 is 1.38 bits per heavy atom. The second-order valence-corrected chi connectivity index (χ2v) is 5.61. The van der Waals surface area contributed by atoms with Crippen molar-refractivity contribution in [1.82, 2.24) is 10.3 Å². The Morgan fingerprint density at radius 3 is 3.10 bits per heavy atom. The molecule has 1 aliphatic rings. The van der Waals surface area contributed by atoms with Gasteiger partial charge in [-0.3, -0.25) is 0 Å². The van der Waals surface area contributed by atoms with E-state index in [1.165, 1.54) is 12.8 Å². The molecule has 4 nitrogen and oxygen atoms in total. The van der Waals surface area contributed by atoms with Gasteiger partial charge in [0, 0.05) is 11.9 Å². The number of nitrogens with zero attached hydrogens (tertiary/aromatic N) is 2. The number of hydrogen-bond acceptors (Lipinski definition) is 4. The first-order valence-electron chi connectivity index (χ1n) is 7.61. The van der Waals surface area contributed by atoms with E-state index in [-0.39, 0.29) is 0 Å². The van der Waals surface area contributed by atoms with Crippen LogP contribution in [0.3, 0.4) is 0 Å². The first-order chi connectivity index (χ1) is 10.4. The number of hydrogen-bond donors (Lipinski definition) is 2. The molecule has 1 aromatic carbocycles. The van der Waals surface area contributed by atoms with Crippen molar-refractivity contribution in [3.63, 3.8) is 0 Å². The summed E-state index contributed by atoms with van der Waals surface area (Å²) in [5.74, 6) is 1.55. The van der Waals surface area contributed by atoms with Crippen molar-refractivity contribution in [2.24, 2.45) is 5.92 Å². The zero-order valence-electron chi connectivity index (χ0n) is 12.1. The molecule has 2 aromatic rings. The fourth-order valence-electron chi connectivity index (χ4n) is 2.93. The van der Waals surface area contributed by atoms with Crippen molar-refractivity contribution < 1.29 is 0 Å². The molecule has 0 saturated carbocycles. The minimum absolute atomic E-state index is 0.683. The van der Waals surface area contributed by atoms with Crippen LogP contribution in [0, 0.1) is 17.2 Å².